The second-order valence-electron chi connectivity index (χ2n) is 4.67. The second kappa shape index (κ2) is 7.92. The lowest BCUT2D eigenvalue weighted by Crippen LogP contribution is -2.48. The first kappa shape index (κ1) is 16.7. The predicted octanol–water partition coefficient (Wildman–Crippen LogP) is 1.31. The number of carboxylic acid groups (broad SMARTS) is 1. The molecule has 0 fully saturated rings. The molecule has 2 N–H and O–H groups in total. The third-order valence-corrected chi connectivity index (χ3v) is 2.31. The average molecular weight is 260 g/mol. The average Bonchev–Trinajstić information content (AvgIpc) is 2.25. The Kier molecular flexibility index (Phi) is 7.35. The van der Waals surface area contributed by atoms with Gasteiger partial charge in [-0.05, 0) is 27.2 Å². The third kappa shape index (κ3) is 7.11. The molecule has 6 nitrogen and oxygen atoms in total. The number of aliphatic carboxylic acids is 1. The summed E-state index contributed by atoms with van der Waals surface area (Å²) in [5.41, 5.74) is -0.453. The van der Waals surface area contributed by atoms with Gasteiger partial charge >= 0.3 is 12.0 Å². The van der Waals surface area contributed by atoms with Gasteiger partial charge in [0.2, 0.25) is 0 Å². The molecule has 0 saturated heterocycles. The van der Waals surface area contributed by atoms with E-state index in [1.165, 1.54) is 4.90 Å². The largest absolute Gasteiger partial charge is 0.480 e. The van der Waals surface area contributed by atoms with E-state index in [0.29, 0.717) is 19.7 Å². The SMILES string of the molecule is CCCN(CC(=O)O)C(=O)NCC(C)(C)OCC. The number of ether oxygens (including phenoxy) is 1. The highest BCUT2D eigenvalue weighted by atomic mass is 16.5. The first-order valence-corrected chi connectivity index (χ1v) is 6.21. The van der Waals surface area contributed by atoms with Crippen molar-refractivity contribution in [2.75, 3.05) is 26.2 Å². The van der Waals surface area contributed by atoms with Gasteiger partial charge in [0, 0.05) is 19.7 Å². The molecule has 18 heavy (non-hydrogen) atoms. The Morgan fingerprint density at radius 2 is 1.94 bits per heavy atom. The molecule has 2 amide bonds. The van der Waals surface area contributed by atoms with Gasteiger partial charge in [0.05, 0.1) is 5.60 Å². The van der Waals surface area contributed by atoms with Gasteiger partial charge < -0.3 is 20.1 Å². The first-order chi connectivity index (χ1) is 8.32. The van der Waals surface area contributed by atoms with E-state index in [2.05, 4.69) is 5.32 Å². The van der Waals surface area contributed by atoms with E-state index in [0.717, 1.165) is 6.42 Å². The van der Waals surface area contributed by atoms with Gasteiger partial charge in [0.1, 0.15) is 6.54 Å². The fourth-order valence-electron chi connectivity index (χ4n) is 1.53. The summed E-state index contributed by atoms with van der Waals surface area (Å²) in [4.78, 5) is 23.7. The van der Waals surface area contributed by atoms with Gasteiger partial charge in [0.15, 0.2) is 0 Å². The normalized spacial score (nSPS) is 11.1. The zero-order chi connectivity index (χ0) is 14.2. The summed E-state index contributed by atoms with van der Waals surface area (Å²) < 4.78 is 5.45. The van der Waals surface area contributed by atoms with E-state index in [1.807, 2.05) is 27.7 Å². The second-order valence-corrected chi connectivity index (χ2v) is 4.67. The van der Waals surface area contributed by atoms with Crippen LogP contribution in [0.3, 0.4) is 0 Å². The Morgan fingerprint density at radius 1 is 1.33 bits per heavy atom. The third-order valence-electron chi connectivity index (χ3n) is 2.31. The van der Waals surface area contributed by atoms with Gasteiger partial charge in [-0.1, -0.05) is 6.92 Å². The Morgan fingerprint density at radius 3 is 2.39 bits per heavy atom. The lowest BCUT2D eigenvalue weighted by Gasteiger charge is -2.27. The molecule has 0 saturated carbocycles. The standard InChI is InChI=1S/C12H24N2O4/c1-5-7-14(8-10(15)16)11(17)13-9-12(3,4)18-6-2/h5-9H2,1-4H3,(H,13,17)(H,15,16). The molecule has 6 heteroatoms. The van der Waals surface area contributed by atoms with E-state index in [-0.39, 0.29) is 12.6 Å². The molecule has 0 bridgehead atoms. The number of carboxylic acids is 1. The number of hydrogen-bond acceptors (Lipinski definition) is 3. The zero-order valence-electron chi connectivity index (χ0n) is 11.7. The Labute approximate surface area is 108 Å². The molecule has 0 heterocycles. The van der Waals surface area contributed by atoms with Crippen LogP contribution in [0.2, 0.25) is 0 Å². The van der Waals surface area contributed by atoms with E-state index in [4.69, 9.17) is 9.84 Å². The molecular weight excluding hydrogens is 236 g/mol. The van der Waals surface area contributed by atoms with Gasteiger partial charge in [-0.3, -0.25) is 4.79 Å². The van der Waals surface area contributed by atoms with Crippen molar-refractivity contribution in [3.63, 3.8) is 0 Å². The van der Waals surface area contributed by atoms with Crippen molar-refractivity contribution in [1.29, 1.82) is 0 Å². The highest BCUT2D eigenvalue weighted by molar-refractivity contribution is 5.80. The van der Waals surface area contributed by atoms with Crippen LogP contribution in [0.1, 0.15) is 34.1 Å². The van der Waals surface area contributed by atoms with Crippen molar-refractivity contribution in [1.82, 2.24) is 10.2 Å². The van der Waals surface area contributed by atoms with Crippen LogP contribution in [0, 0.1) is 0 Å². The van der Waals surface area contributed by atoms with E-state index in [1.54, 1.807) is 0 Å². The summed E-state index contributed by atoms with van der Waals surface area (Å²) in [6.45, 7) is 8.58. The minimum Gasteiger partial charge on any atom is -0.480 e. The molecule has 0 aliphatic heterocycles. The molecule has 0 aliphatic carbocycles. The van der Waals surface area contributed by atoms with Crippen LogP contribution in [0.4, 0.5) is 4.79 Å². The Balaban J connectivity index is 4.29. The van der Waals surface area contributed by atoms with Crippen LogP contribution in [0.15, 0.2) is 0 Å². The van der Waals surface area contributed by atoms with Crippen LogP contribution in [0.25, 0.3) is 0 Å². The Hall–Kier alpha value is -1.30. The van der Waals surface area contributed by atoms with Gasteiger partial charge in [-0.25, -0.2) is 4.79 Å². The monoisotopic (exact) mass is 260 g/mol. The lowest BCUT2D eigenvalue weighted by atomic mass is 10.1. The van der Waals surface area contributed by atoms with Gasteiger partial charge in [-0.15, -0.1) is 0 Å². The molecule has 0 spiro atoms. The topological polar surface area (TPSA) is 78.9 Å². The van der Waals surface area contributed by atoms with Crippen molar-refractivity contribution in [2.45, 2.75) is 39.7 Å². The Bertz CT molecular complexity index is 279. The van der Waals surface area contributed by atoms with Crippen molar-refractivity contribution in [2.24, 2.45) is 0 Å². The summed E-state index contributed by atoms with van der Waals surface area (Å²) in [5.74, 6) is -1.01. The summed E-state index contributed by atoms with van der Waals surface area (Å²) in [6, 6.07) is -0.368. The molecule has 106 valence electrons. The maximum Gasteiger partial charge on any atom is 0.323 e. The van der Waals surface area contributed by atoms with Gasteiger partial charge in [-0.2, -0.15) is 0 Å². The number of carbonyl (C=O) groups is 2. The number of amides is 2. The maximum absolute atomic E-state index is 11.8. The molecule has 0 rings (SSSR count). The molecule has 0 aromatic rings. The first-order valence-electron chi connectivity index (χ1n) is 6.21. The van der Waals surface area contributed by atoms with Crippen molar-refractivity contribution in [3.05, 3.63) is 0 Å². The number of urea groups is 1. The number of carbonyl (C=O) groups excluding carboxylic acids is 1. The molecule has 0 unspecified atom stereocenters. The fourth-order valence-corrected chi connectivity index (χ4v) is 1.53. The van der Waals surface area contributed by atoms with Crippen molar-refractivity contribution in [3.8, 4) is 0 Å². The molecule has 0 radical (unpaired) electrons. The van der Waals surface area contributed by atoms with Crippen LogP contribution in [0.5, 0.6) is 0 Å². The summed E-state index contributed by atoms with van der Waals surface area (Å²) in [6.07, 6.45) is 0.718. The number of nitrogens with one attached hydrogen (secondary N) is 1. The minimum atomic E-state index is -1.01. The number of rotatable bonds is 8. The molecular formula is C12H24N2O4. The van der Waals surface area contributed by atoms with E-state index >= 15 is 0 Å². The smallest absolute Gasteiger partial charge is 0.323 e. The lowest BCUT2D eigenvalue weighted by molar-refractivity contribution is -0.137. The fraction of sp³-hybridized carbons (Fsp3) is 0.833. The molecule has 0 atom stereocenters. The van der Waals surface area contributed by atoms with Crippen LogP contribution >= 0.6 is 0 Å². The highest BCUT2D eigenvalue weighted by Gasteiger charge is 2.21. The summed E-state index contributed by atoms with van der Waals surface area (Å²) in [5, 5.41) is 11.4. The zero-order valence-corrected chi connectivity index (χ0v) is 11.7. The van der Waals surface area contributed by atoms with Gasteiger partial charge in [0.25, 0.3) is 0 Å². The summed E-state index contributed by atoms with van der Waals surface area (Å²) >= 11 is 0. The van der Waals surface area contributed by atoms with Crippen molar-refractivity contribution < 1.29 is 19.4 Å². The molecule has 0 aromatic carbocycles. The van der Waals surface area contributed by atoms with E-state index < -0.39 is 11.6 Å². The maximum atomic E-state index is 11.8. The van der Waals surface area contributed by atoms with Crippen molar-refractivity contribution >= 4 is 12.0 Å². The minimum absolute atomic E-state index is 0.283. The molecule has 0 aliphatic rings. The number of hydrogen-bond donors (Lipinski definition) is 2. The predicted molar refractivity (Wildman–Crippen MR) is 68.6 cm³/mol. The van der Waals surface area contributed by atoms with Crippen LogP contribution in [-0.4, -0.2) is 53.8 Å². The quantitative estimate of drug-likeness (QED) is 0.689. The molecule has 0 aromatic heterocycles. The van der Waals surface area contributed by atoms with Crippen LogP contribution in [-0.2, 0) is 9.53 Å². The summed E-state index contributed by atoms with van der Waals surface area (Å²) in [7, 11) is 0. The highest BCUT2D eigenvalue weighted by Crippen LogP contribution is 2.07. The van der Waals surface area contributed by atoms with E-state index in [9.17, 15) is 9.59 Å². The van der Waals surface area contributed by atoms with Crippen LogP contribution < -0.4 is 5.32 Å². The number of nitrogens with zero attached hydrogens (tertiary/aromatic N) is 1.